The molecule has 0 aliphatic heterocycles. The van der Waals surface area contributed by atoms with Crippen LogP contribution in [0.2, 0.25) is 0 Å². The molecule has 23 heavy (non-hydrogen) atoms. The van der Waals surface area contributed by atoms with Gasteiger partial charge < -0.3 is 15.9 Å². The van der Waals surface area contributed by atoms with Crippen LogP contribution in [0.3, 0.4) is 0 Å². The highest BCUT2D eigenvalue weighted by Crippen LogP contribution is 2.33. The number of hydrogen-bond acceptors (Lipinski definition) is 4. The number of rotatable bonds is 4. The Morgan fingerprint density at radius 1 is 1.52 bits per heavy atom. The number of benzene rings is 1. The van der Waals surface area contributed by atoms with Gasteiger partial charge in [-0.1, -0.05) is 5.92 Å². The van der Waals surface area contributed by atoms with Gasteiger partial charge in [0, 0.05) is 11.1 Å². The van der Waals surface area contributed by atoms with Gasteiger partial charge in [-0.05, 0) is 56.5 Å². The van der Waals surface area contributed by atoms with Gasteiger partial charge in [-0.3, -0.25) is 10.4 Å². The number of terminal acetylenes is 1. The lowest BCUT2D eigenvalue weighted by Crippen LogP contribution is -2.44. The summed E-state index contributed by atoms with van der Waals surface area (Å²) in [6.07, 6.45) is 8.06. The molecule has 1 aromatic carbocycles. The number of nitrogens with two attached hydrogens (primary N) is 1. The Bertz CT molecular complexity index is 731. The zero-order chi connectivity index (χ0) is 17.2. The van der Waals surface area contributed by atoms with Crippen molar-refractivity contribution >= 4 is 11.5 Å². The summed E-state index contributed by atoms with van der Waals surface area (Å²) in [6.45, 7) is 3.50. The molecule has 1 fully saturated rings. The Kier molecular flexibility index (Phi) is 4.57. The van der Waals surface area contributed by atoms with Gasteiger partial charge >= 0.3 is 0 Å². The van der Waals surface area contributed by atoms with Gasteiger partial charge in [0.1, 0.15) is 11.6 Å². The molecule has 0 aromatic heterocycles. The third-order valence-electron chi connectivity index (χ3n) is 3.87. The monoisotopic (exact) mass is 311 g/mol. The largest absolute Gasteiger partial charge is 0.507 e. The van der Waals surface area contributed by atoms with Crippen LogP contribution in [0.4, 0.5) is 0 Å². The highest BCUT2D eigenvalue weighted by molar-refractivity contribution is 6.14. The summed E-state index contributed by atoms with van der Waals surface area (Å²) in [5.41, 5.74) is 6.91. The van der Waals surface area contributed by atoms with Crippen LogP contribution in [-0.2, 0) is 0 Å². The number of aliphatic imine (C=N–C) groups is 1. The van der Waals surface area contributed by atoms with Crippen molar-refractivity contribution in [3.63, 3.8) is 0 Å². The van der Waals surface area contributed by atoms with Crippen LogP contribution in [-0.4, -0.2) is 33.4 Å². The first kappa shape index (κ1) is 16.8. The van der Waals surface area contributed by atoms with Crippen molar-refractivity contribution in [1.29, 1.82) is 5.41 Å². The average Bonchev–Trinajstić information content (AvgIpc) is 2.44. The fourth-order valence-corrected chi connectivity index (χ4v) is 2.63. The van der Waals surface area contributed by atoms with Gasteiger partial charge in [-0.15, -0.1) is 6.42 Å². The first-order valence-corrected chi connectivity index (χ1v) is 7.35. The minimum Gasteiger partial charge on any atom is -0.507 e. The van der Waals surface area contributed by atoms with Crippen LogP contribution in [0, 0.1) is 17.8 Å². The second-order valence-electron chi connectivity index (χ2n) is 6.19. The first-order chi connectivity index (χ1) is 10.7. The van der Waals surface area contributed by atoms with E-state index in [1.54, 1.807) is 32.1 Å². The molecule has 5 nitrogen and oxygen atoms in total. The van der Waals surface area contributed by atoms with Gasteiger partial charge in [0.2, 0.25) is 0 Å². The van der Waals surface area contributed by atoms with Crippen LogP contribution in [0.25, 0.3) is 0 Å². The molecule has 1 aromatic rings. The van der Waals surface area contributed by atoms with E-state index in [9.17, 15) is 10.2 Å². The van der Waals surface area contributed by atoms with Crippen molar-refractivity contribution in [2.75, 3.05) is 0 Å². The number of aliphatic hydroxyl groups is 1. The molecule has 0 heterocycles. The number of nitrogens with one attached hydrogen (secondary N) is 1. The van der Waals surface area contributed by atoms with E-state index in [-0.39, 0.29) is 17.5 Å². The smallest absolute Gasteiger partial charge is 0.126 e. The van der Waals surface area contributed by atoms with Crippen LogP contribution < -0.4 is 5.73 Å². The van der Waals surface area contributed by atoms with E-state index < -0.39 is 5.60 Å². The Morgan fingerprint density at radius 3 is 2.70 bits per heavy atom. The van der Waals surface area contributed by atoms with E-state index in [4.69, 9.17) is 17.6 Å². The molecule has 1 aliphatic carbocycles. The molecule has 0 spiro atoms. The van der Waals surface area contributed by atoms with Gasteiger partial charge in [-0.2, -0.15) is 0 Å². The average molecular weight is 311 g/mol. The normalized spacial score (nSPS) is 24.7. The molecule has 120 valence electrons. The molecular formula is C18H21N3O2. The van der Waals surface area contributed by atoms with Gasteiger partial charge in [-0.25, -0.2) is 0 Å². The van der Waals surface area contributed by atoms with Crippen LogP contribution in [0.5, 0.6) is 5.75 Å². The van der Waals surface area contributed by atoms with Crippen LogP contribution in [0.1, 0.15) is 37.8 Å². The van der Waals surface area contributed by atoms with Crippen LogP contribution in [0.15, 0.2) is 34.8 Å². The van der Waals surface area contributed by atoms with E-state index in [2.05, 4.69) is 10.9 Å². The van der Waals surface area contributed by atoms with Crippen molar-refractivity contribution in [2.45, 2.75) is 38.3 Å². The number of nitrogens with zero attached hydrogens (tertiary/aromatic N) is 1. The molecule has 1 aliphatic rings. The topological polar surface area (TPSA) is 103 Å². The van der Waals surface area contributed by atoms with Crippen molar-refractivity contribution in [3.05, 3.63) is 41.0 Å². The molecule has 0 amide bonds. The second-order valence-corrected chi connectivity index (χ2v) is 6.19. The van der Waals surface area contributed by atoms with Crippen molar-refractivity contribution in [2.24, 2.45) is 10.7 Å². The minimum atomic E-state index is -0.648. The third-order valence-corrected chi connectivity index (χ3v) is 3.87. The molecule has 5 N–H and O–H groups in total. The molecule has 2 rings (SSSR count). The predicted molar refractivity (Wildman–Crippen MR) is 91.9 cm³/mol. The summed E-state index contributed by atoms with van der Waals surface area (Å²) in [4.78, 5) is 4.32. The summed E-state index contributed by atoms with van der Waals surface area (Å²) in [5.74, 6) is 2.71. The summed E-state index contributed by atoms with van der Waals surface area (Å²) in [6, 6.07) is 4.75. The number of amidine groups is 1. The van der Waals surface area contributed by atoms with Crippen molar-refractivity contribution in [1.82, 2.24) is 0 Å². The standard InChI is InChI=1S/C18H21N3O2/c1-4-12-5-6-14(15(22)8-12)17(20)11(2)7-16(19)21-13-9-18(3,23)10-13/h1,5-8,13,20,22-23H,9-10H2,2-3H3,(H2,19,21)/b11-7-,20-17?. The Labute approximate surface area is 136 Å². The number of aromatic hydroxyl groups is 1. The second kappa shape index (κ2) is 6.27. The summed E-state index contributed by atoms with van der Waals surface area (Å²) < 4.78 is 0. The Morgan fingerprint density at radius 2 is 2.17 bits per heavy atom. The number of allylic oxidation sites excluding steroid dienone is 1. The number of phenolic OH excluding ortho intramolecular Hbond substituents is 1. The lowest BCUT2D eigenvalue weighted by molar-refractivity contribution is -0.0280. The third kappa shape index (κ3) is 3.99. The van der Waals surface area contributed by atoms with Gasteiger partial charge in [0.25, 0.3) is 0 Å². The predicted octanol–water partition coefficient (Wildman–Crippen LogP) is 1.96. The minimum absolute atomic E-state index is 0.0200. The molecule has 0 unspecified atom stereocenters. The molecule has 1 saturated carbocycles. The van der Waals surface area contributed by atoms with E-state index >= 15 is 0 Å². The van der Waals surface area contributed by atoms with Crippen molar-refractivity contribution < 1.29 is 10.2 Å². The maximum absolute atomic E-state index is 9.97. The summed E-state index contributed by atoms with van der Waals surface area (Å²) >= 11 is 0. The SMILES string of the molecule is C#Cc1ccc(C(=N)/C(C)=C\C(N)=NC2CC(C)(O)C2)c(O)c1. The molecule has 0 atom stereocenters. The molecule has 0 radical (unpaired) electrons. The lowest BCUT2D eigenvalue weighted by Gasteiger charge is -2.38. The van der Waals surface area contributed by atoms with E-state index in [0.29, 0.717) is 35.4 Å². The highest BCUT2D eigenvalue weighted by atomic mass is 16.3. The van der Waals surface area contributed by atoms with E-state index in [1.165, 1.54) is 6.07 Å². The zero-order valence-corrected chi connectivity index (χ0v) is 13.3. The van der Waals surface area contributed by atoms with Gasteiger partial charge in [0.15, 0.2) is 0 Å². The highest BCUT2D eigenvalue weighted by Gasteiger charge is 2.38. The maximum atomic E-state index is 9.97. The fraction of sp³-hybridized carbons (Fsp3) is 0.333. The van der Waals surface area contributed by atoms with E-state index in [1.807, 2.05) is 0 Å². The first-order valence-electron chi connectivity index (χ1n) is 7.35. The quantitative estimate of drug-likeness (QED) is 0.388. The van der Waals surface area contributed by atoms with E-state index in [0.717, 1.165) is 0 Å². The lowest BCUT2D eigenvalue weighted by atomic mass is 9.78. The molecule has 0 bridgehead atoms. The zero-order valence-electron chi connectivity index (χ0n) is 13.3. The Hall–Kier alpha value is -2.58. The molecule has 0 saturated heterocycles. The summed E-state index contributed by atoms with van der Waals surface area (Å²) in [7, 11) is 0. The molecule has 5 heteroatoms. The number of phenols is 1. The molecular weight excluding hydrogens is 290 g/mol. The van der Waals surface area contributed by atoms with Crippen LogP contribution >= 0.6 is 0 Å². The fourth-order valence-electron chi connectivity index (χ4n) is 2.63. The number of hydrogen-bond donors (Lipinski definition) is 4. The Balaban J connectivity index is 2.13. The summed E-state index contributed by atoms with van der Waals surface area (Å²) in [5, 5.41) is 27.8. The maximum Gasteiger partial charge on any atom is 0.126 e. The van der Waals surface area contributed by atoms with Crippen molar-refractivity contribution in [3.8, 4) is 18.1 Å². The van der Waals surface area contributed by atoms with Gasteiger partial charge in [0.05, 0.1) is 17.4 Å².